The zero-order chi connectivity index (χ0) is 19.4. The molecule has 0 saturated carbocycles. The van der Waals surface area contributed by atoms with E-state index in [1.165, 1.54) is 36.0 Å². The van der Waals surface area contributed by atoms with Crippen LogP contribution in [0.15, 0.2) is 58.8 Å². The fraction of sp³-hybridized carbons (Fsp3) is 0.200. The first-order chi connectivity index (χ1) is 12.9. The maximum atomic E-state index is 12.6. The Labute approximate surface area is 163 Å². The summed E-state index contributed by atoms with van der Waals surface area (Å²) in [5, 5.41) is 5.21. The molecule has 140 valence electrons. The standard InChI is InChI=1S/C20H20N2O3S2/c1-3-15-4-6-16(7-5-15)20-22-18(12-26-20)13-27(24,25)19-10-8-17(9-11-19)21-14(2)23/h4-12H,3,13H2,1-2H3,(H,21,23). The minimum absolute atomic E-state index is 0.157. The monoisotopic (exact) mass is 400 g/mol. The third kappa shape index (κ3) is 4.81. The van der Waals surface area contributed by atoms with E-state index in [1.54, 1.807) is 17.5 Å². The van der Waals surface area contributed by atoms with E-state index in [-0.39, 0.29) is 16.6 Å². The van der Waals surface area contributed by atoms with Gasteiger partial charge in [0.05, 0.1) is 16.3 Å². The fourth-order valence-corrected chi connectivity index (χ4v) is 4.80. The van der Waals surface area contributed by atoms with Gasteiger partial charge in [-0.2, -0.15) is 0 Å². The van der Waals surface area contributed by atoms with Crippen molar-refractivity contribution < 1.29 is 13.2 Å². The third-order valence-corrected chi connectivity index (χ3v) is 6.64. The first kappa shape index (κ1) is 19.3. The highest BCUT2D eigenvalue weighted by atomic mass is 32.2. The zero-order valence-electron chi connectivity index (χ0n) is 15.1. The van der Waals surface area contributed by atoms with Crippen molar-refractivity contribution in [3.05, 3.63) is 65.2 Å². The van der Waals surface area contributed by atoms with E-state index in [4.69, 9.17) is 0 Å². The SMILES string of the molecule is CCc1ccc(-c2nc(CS(=O)(=O)c3ccc(NC(C)=O)cc3)cs2)cc1. The predicted molar refractivity (Wildman–Crippen MR) is 109 cm³/mol. The Kier molecular flexibility index (Phi) is 5.72. The van der Waals surface area contributed by atoms with Gasteiger partial charge in [0.25, 0.3) is 0 Å². The topological polar surface area (TPSA) is 76.1 Å². The van der Waals surface area contributed by atoms with Gasteiger partial charge in [-0.15, -0.1) is 11.3 Å². The van der Waals surface area contributed by atoms with Crippen LogP contribution in [0.25, 0.3) is 10.6 Å². The molecule has 7 heteroatoms. The summed E-state index contributed by atoms with van der Waals surface area (Å²) < 4.78 is 25.3. The summed E-state index contributed by atoms with van der Waals surface area (Å²) in [5.41, 5.74) is 3.33. The van der Waals surface area contributed by atoms with Crippen molar-refractivity contribution in [2.45, 2.75) is 30.9 Å². The predicted octanol–water partition coefficient (Wildman–Crippen LogP) is 4.30. The Hall–Kier alpha value is -2.51. The number of nitrogens with one attached hydrogen (secondary N) is 1. The number of nitrogens with zero attached hydrogens (tertiary/aromatic N) is 1. The molecule has 1 amide bonds. The third-order valence-electron chi connectivity index (χ3n) is 4.03. The molecule has 5 nitrogen and oxygen atoms in total. The highest BCUT2D eigenvalue weighted by Crippen LogP contribution is 2.26. The van der Waals surface area contributed by atoms with Crippen molar-refractivity contribution >= 4 is 32.8 Å². The molecule has 3 aromatic rings. The number of benzene rings is 2. The lowest BCUT2D eigenvalue weighted by atomic mass is 10.1. The quantitative estimate of drug-likeness (QED) is 0.669. The lowest BCUT2D eigenvalue weighted by molar-refractivity contribution is -0.114. The van der Waals surface area contributed by atoms with Crippen molar-refractivity contribution in [2.24, 2.45) is 0 Å². The Bertz CT molecular complexity index is 1040. The molecule has 0 spiro atoms. The van der Waals surface area contributed by atoms with E-state index in [0.29, 0.717) is 11.4 Å². The number of hydrogen-bond donors (Lipinski definition) is 1. The smallest absolute Gasteiger partial charge is 0.221 e. The second kappa shape index (κ2) is 8.02. The Morgan fingerprint density at radius 2 is 1.74 bits per heavy atom. The van der Waals surface area contributed by atoms with Crippen LogP contribution >= 0.6 is 11.3 Å². The molecule has 0 aliphatic carbocycles. The van der Waals surface area contributed by atoms with E-state index in [0.717, 1.165) is 17.0 Å². The van der Waals surface area contributed by atoms with Crippen LogP contribution in [-0.2, 0) is 26.8 Å². The van der Waals surface area contributed by atoms with Crippen molar-refractivity contribution in [3.8, 4) is 10.6 Å². The summed E-state index contributed by atoms with van der Waals surface area (Å²) in [7, 11) is -3.51. The number of amides is 1. The Morgan fingerprint density at radius 1 is 1.07 bits per heavy atom. The van der Waals surface area contributed by atoms with Crippen LogP contribution in [0.4, 0.5) is 5.69 Å². The van der Waals surface area contributed by atoms with Gasteiger partial charge >= 0.3 is 0 Å². The molecule has 0 fully saturated rings. The highest BCUT2D eigenvalue weighted by molar-refractivity contribution is 7.90. The average molecular weight is 401 g/mol. The first-order valence-corrected chi connectivity index (χ1v) is 11.0. The number of aryl methyl sites for hydroxylation is 1. The van der Waals surface area contributed by atoms with E-state index < -0.39 is 9.84 Å². The average Bonchev–Trinajstić information content (AvgIpc) is 3.09. The van der Waals surface area contributed by atoms with Crippen LogP contribution < -0.4 is 5.32 Å². The van der Waals surface area contributed by atoms with E-state index >= 15 is 0 Å². The number of aromatic nitrogens is 1. The molecule has 27 heavy (non-hydrogen) atoms. The summed E-state index contributed by atoms with van der Waals surface area (Å²) in [6, 6.07) is 14.3. The molecule has 1 heterocycles. The number of thiazole rings is 1. The van der Waals surface area contributed by atoms with Crippen LogP contribution in [0, 0.1) is 0 Å². The molecule has 2 aromatic carbocycles. The molecule has 0 unspecified atom stereocenters. The minimum atomic E-state index is -3.51. The summed E-state index contributed by atoms with van der Waals surface area (Å²) in [4.78, 5) is 15.7. The number of anilines is 1. The molecule has 0 aliphatic heterocycles. The number of carbonyl (C=O) groups is 1. The minimum Gasteiger partial charge on any atom is -0.326 e. The molecule has 1 aromatic heterocycles. The van der Waals surface area contributed by atoms with E-state index in [2.05, 4.69) is 29.4 Å². The number of carbonyl (C=O) groups excluding carboxylic acids is 1. The lowest BCUT2D eigenvalue weighted by Crippen LogP contribution is -2.07. The molecule has 1 N–H and O–H groups in total. The van der Waals surface area contributed by atoms with Crippen molar-refractivity contribution in [1.82, 2.24) is 4.98 Å². The van der Waals surface area contributed by atoms with Gasteiger partial charge in [-0.25, -0.2) is 13.4 Å². The molecule has 0 radical (unpaired) electrons. The van der Waals surface area contributed by atoms with Gasteiger partial charge < -0.3 is 5.32 Å². The van der Waals surface area contributed by atoms with E-state index in [1.807, 2.05) is 12.1 Å². The maximum Gasteiger partial charge on any atom is 0.221 e. The number of rotatable bonds is 6. The first-order valence-electron chi connectivity index (χ1n) is 8.51. The van der Waals surface area contributed by atoms with Crippen LogP contribution in [0.3, 0.4) is 0 Å². The second-order valence-corrected chi connectivity index (χ2v) is 9.01. The summed E-state index contributed by atoms with van der Waals surface area (Å²) in [6.45, 7) is 3.50. The van der Waals surface area contributed by atoms with Gasteiger partial charge in [0.15, 0.2) is 9.84 Å². The van der Waals surface area contributed by atoms with Crippen LogP contribution in [0.5, 0.6) is 0 Å². The Morgan fingerprint density at radius 3 is 2.33 bits per heavy atom. The fourth-order valence-electron chi connectivity index (χ4n) is 2.62. The summed E-state index contributed by atoms with van der Waals surface area (Å²) in [5.74, 6) is -0.358. The van der Waals surface area contributed by atoms with Gasteiger partial charge in [0.1, 0.15) is 5.01 Å². The second-order valence-electron chi connectivity index (χ2n) is 6.16. The molecule has 3 rings (SSSR count). The van der Waals surface area contributed by atoms with Crippen LogP contribution in [0.1, 0.15) is 25.1 Å². The van der Waals surface area contributed by atoms with Crippen molar-refractivity contribution in [3.63, 3.8) is 0 Å². The van der Waals surface area contributed by atoms with E-state index in [9.17, 15) is 13.2 Å². The maximum absolute atomic E-state index is 12.6. The zero-order valence-corrected chi connectivity index (χ0v) is 16.7. The van der Waals surface area contributed by atoms with Crippen molar-refractivity contribution in [2.75, 3.05) is 5.32 Å². The molecule has 0 atom stereocenters. The summed E-state index contributed by atoms with van der Waals surface area (Å²) in [6.07, 6.45) is 0.975. The summed E-state index contributed by atoms with van der Waals surface area (Å²) >= 11 is 1.44. The van der Waals surface area contributed by atoms with Crippen LogP contribution in [-0.4, -0.2) is 19.3 Å². The lowest BCUT2D eigenvalue weighted by Gasteiger charge is -2.05. The van der Waals surface area contributed by atoms with Crippen LogP contribution in [0.2, 0.25) is 0 Å². The number of sulfone groups is 1. The van der Waals surface area contributed by atoms with Crippen molar-refractivity contribution in [1.29, 1.82) is 0 Å². The number of hydrogen-bond acceptors (Lipinski definition) is 5. The molecule has 0 saturated heterocycles. The van der Waals surface area contributed by atoms with Gasteiger partial charge in [-0.3, -0.25) is 4.79 Å². The van der Waals surface area contributed by atoms with Gasteiger partial charge in [0.2, 0.25) is 5.91 Å². The normalized spacial score (nSPS) is 11.3. The van der Waals surface area contributed by atoms with Gasteiger partial charge in [-0.05, 0) is 36.2 Å². The molecule has 0 bridgehead atoms. The molecule has 0 aliphatic rings. The molecular weight excluding hydrogens is 380 g/mol. The van der Waals surface area contributed by atoms with Gasteiger partial charge in [-0.1, -0.05) is 31.2 Å². The molecular formula is C20H20N2O3S2. The highest BCUT2D eigenvalue weighted by Gasteiger charge is 2.18. The van der Waals surface area contributed by atoms with Gasteiger partial charge in [0, 0.05) is 23.6 Å². The Balaban J connectivity index is 1.76. The largest absolute Gasteiger partial charge is 0.326 e.